The van der Waals surface area contributed by atoms with E-state index in [-0.39, 0.29) is 5.97 Å². The molecule has 0 spiro atoms. The number of aromatic nitrogens is 3. The van der Waals surface area contributed by atoms with Crippen LogP contribution in [-0.4, -0.2) is 27.2 Å². The zero-order valence-electron chi connectivity index (χ0n) is 18.0. The molecule has 162 valence electrons. The minimum Gasteiger partial charge on any atom is -0.465 e. The molecule has 0 saturated carbocycles. The molecule has 32 heavy (non-hydrogen) atoms. The van der Waals surface area contributed by atoms with E-state index in [1.54, 1.807) is 16.9 Å². The van der Waals surface area contributed by atoms with E-state index < -0.39 is 5.41 Å². The summed E-state index contributed by atoms with van der Waals surface area (Å²) < 4.78 is 7.22. The first-order valence-electron chi connectivity index (χ1n) is 10.5. The summed E-state index contributed by atoms with van der Waals surface area (Å²) in [4.78, 5) is 17.7. The van der Waals surface area contributed by atoms with Gasteiger partial charge in [0.1, 0.15) is 5.41 Å². The molecule has 0 N–H and O–H groups in total. The van der Waals surface area contributed by atoms with Gasteiger partial charge < -0.3 is 4.74 Å². The third-order valence-corrected chi connectivity index (χ3v) is 5.70. The maximum absolute atomic E-state index is 13.2. The Morgan fingerprint density at radius 1 is 1.09 bits per heavy atom. The second kappa shape index (κ2) is 9.37. The van der Waals surface area contributed by atoms with E-state index >= 15 is 0 Å². The molecule has 0 aliphatic heterocycles. The van der Waals surface area contributed by atoms with Gasteiger partial charge >= 0.3 is 5.97 Å². The normalized spacial score (nSPS) is 13.3. The standard InChI is InChI=1S/C26H24ClN3O2/c1-3-32-25(31)26(2,17-20-7-5-4-6-8-20)23-15-16-28-24-21(18-29-30(23)24)12-9-19-10-13-22(27)14-11-19/h4-16,18H,3,17H2,1-2H3/b12-9+. The van der Waals surface area contributed by atoms with Crippen LogP contribution in [0.4, 0.5) is 0 Å². The van der Waals surface area contributed by atoms with Crippen LogP contribution >= 0.6 is 11.6 Å². The number of hydrogen-bond donors (Lipinski definition) is 0. The van der Waals surface area contributed by atoms with Crippen LogP contribution in [0.15, 0.2) is 73.1 Å². The number of carbonyl (C=O) groups is 1. The van der Waals surface area contributed by atoms with Crippen molar-refractivity contribution in [3.63, 3.8) is 0 Å². The summed E-state index contributed by atoms with van der Waals surface area (Å²) in [6, 6.07) is 19.4. The van der Waals surface area contributed by atoms with Crippen molar-refractivity contribution in [1.29, 1.82) is 0 Å². The maximum atomic E-state index is 13.2. The Morgan fingerprint density at radius 3 is 2.56 bits per heavy atom. The molecule has 0 bridgehead atoms. The Morgan fingerprint density at radius 2 is 1.84 bits per heavy atom. The van der Waals surface area contributed by atoms with Crippen molar-refractivity contribution in [3.8, 4) is 0 Å². The lowest BCUT2D eigenvalue weighted by atomic mass is 9.80. The molecule has 2 aromatic heterocycles. The second-order valence-electron chi connectivity index (χ2n) is 7.77. The Balaban J connectivity index is 1.76. The molecule has 4 aromatic rings. The summed E-state index contributed by atoms with van der Waals surface area (Å²) in [5, 5.41) is 5.26. The number of hydrogen-bond acceptors (Lipinski definition) is 4. The highest BCUT2D eigenvalue weighted by Gasteiger charge is 2.39. The number of carbonyl (C=O) groups excluding carboxylic acids is 1. The number of benzene rings is 2. The predicted octanol–water partition coefficient (Wildman–Crippen LogP) is 5.62. The van der Waals surface area contributed by atoms with Crippen LogP contribution in [0.2, 0.25) is 5.02 Å². The van der Waals surface area contributed by atoms with Gasteiger partial charge in [-0.1, -0.05) is 60.1 Å². The highest BCUT2D eigenvalue weighted by molar-refractivity contribution is 6.30. The quantitative estimate of drug-likeness (QED) is 0.346. The molecule has 5 nitrogen and oxygen atoms in total. The summed E-state index contributed by atoms with van der Waals surface area (Å²) in [5.74, 6) is -0.287. The van der Waals surface area contributed by atoms with Gasteiger partial charge in [0.15, 0.2) is 5.65 Å². The van der Waals surface area contributed by atoms with Gasteiger partial charge in [-0.2, -0.15) is 5.10 Å². The first-order chi connectivity index (χ1) is 15.5. The molecule has 0 saturated heterocycles. The number of nitrogens with zero attached hydrogens (tertiary/aromatic N) is 3. The molecule has 1 atom stereocenters. The third-order valence-electron chi connectivity index (χ3n) is 5.45. The Bertz CT molecular complexity index is 1250. The fourth-order valence-electron chi connectivity index (χ4n) is 3.77. The number of ether oxygens (including phenoxy) is 1. The van der Waals surface area contributed by atoms with Crippen LogP contribution in [0.3, 0.4) is 0 Å². The predicted molar refractivity (Wildman–Crippen MR) is 127 cm³/mol. The summed E-state index contributed by atoms with van der Waals surface area (Å²) in [7, 11) is 0. The van der Waals surface area contributed by atoms with Gasteiger partial charge in [0.25, 0.3) is 0 Å². The van der Waals surface area contributed by atoms with Crippen molar-refractivity contribution in [3.05, 3.63) is 100 Å². The van der Waals surface area contributed by atoms with E-state index in [4.69, 9.17) is 16.3 Å². The molecule has 0 aliphatic rings. The van der Waals surface area contributed by atoms with Gasteiger partial charge in [-0.25, -0.2) is 9.50 Å². The molecule has 4 rings (SSSR count). The molecule has 0 radical (unpaired) electrons. The van der Waals surface area contributed by atoms with Crippen LogP contribution in [0.5, 0.6) is 0 Å². The summed E-state index contributed by atoms with van der Waals surface area (Å²) >= 11 is 5.97. The van der Waals surface area contributed by atoms with Crippen LogP contribution in [-0.2, 0) is 21.4 Å². The molecule has 2 aromatic carbocycles. The topological polar surface area (TPSA) is 56.5 Å². The average molecular weight is 446 g/mol. The van der Waals surface area contributed by atoms with Gasteiger partial charge in [-0.3, -0.25) is 4.79 Å². The van der Waals surface area contributed by atoms with Crippen LogP contribution in [0, 0.1) is 0 Å². The van der Waals surface area contributed by atoms with E-state index in [1.807, 2.05) is 86.7 Å². The zero-order valence-corrected chi connectivity index (χ0v) is 18.8. The van der Waals surface area contributed by atoms with Gasteiger partial charge in [-0.15, -0.1) is 0 Å². The van der Waals surface area contributed by atoms with Crippen molar-refractivity contribution in [2.75, 3.05) is 6.61 Å². The fraction of sp³-hybridized carbons (Fsp3) is 0.192. The minimum atomic E-state index is -0.929. The SMILES string of the molecule is CCOC(=O)C(C)(Cc1ccccc1)c1ccnc2c(/C=C/c3ccc(Cl)cc3)cnn12. The summed E-state index contributed by atoms with van der Waals surface area (Å²) in [6.07, 6.45) is 7.90. The van der Waals surface area contributed by atoms with Crippen molar-refractivity contribution < 1.29 is 9.53 Å². The second-order valence-corrected chi connectivity index (χ2v) is 8.20. The first kappa shape index (κ1) is 21.8. The fourth-order valence-corrected chi connectivity index (χ4v) is 3.89. The molecular formula is C26H24ClN3O2. The summed E-state index contributed by atoms with van der Waals surface area (Å²) in [6.45, 7) is 4.03. The van der Waals surface area contributed by atoms with Crippen LogP contribution < -0.4 is 0 Å². The van der Waals surface area contributed by atoms with E-state index in [0.29, 0.717) is 23.7 Å². The lowest BCUT2D eigenvalue weighted by Gasteiger charge is -2.28. The lowest BCUT2D eigenvalue weighted by Crippen LogP contribution is -2.38. The van der Waals surface area contributed by atoms with Crippen molar-refractivity contribution in [2.24, 2.45) is 0 Å². The molecule has 0 fully saturated rings. The van der Waals surface area contributed by atoms with E-state index in [1.165, 1.54) is 0 Å². The molecule has 6 heteroatoms. The first-order valence-corrected chi connectivity index (χ1v) is 10.9. The number of halogens is 1. The van der Waals surface area contributed by atoms with Crippen molar-refractivity contribution in [1.82, 2.24) is 14.6 Å². The number of esters is 1. The smallest absolute Gasteiger partial charge is 0.318 e. The van der Waals surface area contributed by atoms with Gasteiger partial charge in [0.05, 0.1) is 18.5 Å². The highest BCUT2D eigenvalue weighted by atomic mass is 35.5. The number of rotatable bonds is 7. The lowest BCUT2D eigenvalue weighted by molar-refractivity contribution is -0.149. The zero-order chi connectivity index (χ0) is 22.6. The Labute approximate surface area is 192 Å². The summed E-state index contributed by atoms with van der Waals surface area (Å²) in [5.41, 5.74) is 3.40. The molecule has 2 heterocycles. The molecular weight excluding hydrogens is 422 g/mol. The van der Waals surface area contributed by atoms with E-state index in [2.05, 4.69) is 10.1 Å². The Kier molecular flexibility index (Phi) is 6.37. The van der Waals surface area contributed by atoms with Gasteiger partial charge in [0, 0.05) is 16.8 Å². The average Bonchev–Trinajstić information content (AvgIpc) is 3.22. The van der Waals surface area contributed by atoms with Crippen LogP contribution in [0.25, 0.3) is 17.8 Å². The molecule has 1 unspecified atom stereocenters. The Hall–Kier alpha value is -3.44. The van der Waals surface area contributed by atoms with Crippen molar-refractivity contribution in [2.45, 2.75) is 25.7 Å². The van der Waals surface area contributed by atoms with Crippen LogP contribution in [0.1, 0.15) is 36.2 Å². The van der Waals surface area contributed by atoms with Gasteiger partial charge in [-0.05, 0) is 55.7 Å². The molecule has 0 amide bonds. The third kappa shape index (κ3) is 4.43. The largest absolute Gasteiger partial charge is 0.465 e. The minimum absolute atomic E-state index is 0.287. The maximum Gasteiger partial charge on any atom is 0.318 e. The van der Waals surface area contributed by atoms with Gasteiger partial charge in [0.2, 0.25) is 0 Å². The monoisotopic (exact) mass is 445 g/mol. The van der Waals surface area contributed by atoms with E-state index in [0.717, 1.165) is 22.4 Å². The van der Waals surface area contributed by atoms with E-state index in [9.17, 15) is 4.79 Å². The number of fused-ring (bicyclic) bond motifs is 1. The van der Waals surface area contributed by atoms with Crippen molar-refractivity contribution >= 4 is 35.4 Å². The highest BCUT2D eigenvalue weighted by Crippen LogP contribution is 2.31. The molecule has 0 aliphatic carbocycles.